The maximum atomic E-state index is 14.3. The number of carbonyl (C=O) groups excluding carboxylic acids is 9. The average Bonchev–Trinajstić information content (AvgIpc) is 1.62. The lowest BCUT2D eigenvalue weighted by Crippen LogP contribution is -2.65. The van der Waals surface area contributed by atoms with E-state index < -0.39 is 226 Å². The summed E-state index contributed by atoms with van der Waals surface area (Å²) in [7, 11) is 0. The van der Waals surface area contributed by atoms with Gasteiger partial charge in [0.15, 0.2) is 61.6 Å². The number of thioether (sulfide) groups is 1. The smallest absolute Gasteiger partial charge is 0.338 e. The van der Waals surface area contributed by atoms with Gasteiger partial charge in [0.2, 0.25) is 0 Å². The lowest BCUT2D eigenvalue weighted by molar-refractivity contribution is -0.309. The van der Waals surface area contributed by atoms with E-state index >= 15 is 0 Å². The zero-order valence-electron chi connectivity index (χ0n) is 56.1. The van der Waals surface area contributed by atoms with E-state index in [4.69, 9.17) is 75.8 Å². The number of ether oxygens (including phenoxy) is 16. The highest BCUT2D eigenvalue weighted by Gasteiger charge is 2.60. The quantitative estimate of drug-likeness (QED) is 0.0206. The van der Waals surface area contributed by atoms with Crippen molar-refractivity contribution in [3.8, 4) is 0 Å². The van der Waals surface area contributed by atoms with Gasteiger partial charge < -0.3 is 75.8 Å². The summed E-state index contributed by atoms with van der Waals surface area (Å²) in [6, 6.07) is 15.7. The Labute approximate surface area is 596 Å². The Morgan fingerprint density at radius 1 is 0.381 bits per heavy atom. The van der Waals surface area contributed by atoms with Crippen LogP contribution in [-0.2, 0) is 105 Å². The summed E-state index contributed by atoms with van der Waals surface area (Å²) in [6.07, 6.45) is -33.9. The molecular weight excluding hydrogens is 1420 g/mol. The Morgan fingerprint density at radius 3 is 1.19 bits per heavy atom. The molecule has 5 aliphatic rings. The Morgan fingerprint density at radius 2 is 0.752 bits per heavy atom. The van der Waals surface area contributed by atoms with Crippen LogP contribution in [0.2, 0.25) is 0 Å². The summed E-state index contributed by atoms with van der Waals surface area (Å²) in [4.78, 5) is 138. The SMILES string of the molecule is CC(=O)OC1[C@H](O[C@@H]2C(OC(C)=O)[C@H](N=[N+]=[N-])CC(N=[N+]=[N-])[C@H]2O[C@H]2OC(CN=[N+]=[N-])[C@@H](OC(C)=O)[C@H](OC(C)=O)C2N=[N+]=[N-])O[C@H](CS[C@@H]2O[C@H](COC(=O)c3ccccc3)[C@@H](OC(=O)c3ccccc3)C2OC(=O)c2ccccc2)[C@@H]1O[C@H]1O[C@@H](CN=[N+]=[N-])[C@@H](OC(C)=O)C(OC(C)=O)C1N=[N+]=[N-]. The molecule has 556 valence electrons. The van der Waals surface area contributed by atoms with Crippen molar-refractivity contribution in [2.24, 2.45) is 30.7 Å². The molecule has 1 aliphatic carbocycles. The van der Waals surface area contributed by atoms with E-state index in [2.05, 4.69) is 60.2 Å². The molecular formula is C61H66N18O25S. The molecule has 4 heterocycles. The van der Waals surface area contributed by atoms with Crippen LogP contribution in [0.15, 0.2) is 122 Å². The van der Waals surface area contributed by atoms with Crippen LogP contribution in [0.4, 0.5) is 0 Å². The predicted molar refractivity (Wildman–Crippen MR) is 347 cm³/mol. The topological polar surface area (TPSA) is 594 Å². The van der Waals surface area contributed by atoms with E-state index in [1.807, 2.05) is 0 Å². The van der Waals surface area contributed by atoms with Crippen molar-refractivity contribution >= 4 is 65.5 Å². The number of carbonyl (C=O) groups is 9. The summed E-state index contributed by atoms with van der Waals surface area (Å²) in [5.41, 5.74) is 58.1. The minimum atomic E-state index is -2.20. The van der Waals surface area contributed by atoms with Gasteiger partial charge in [-0.25, -0.2) is 14.4 Å². The number of hydrogen-bond acceptors (Lipinski definition) is 32. The van der Waals surface area contributed by atoms with Crippen LogP contribution in [-0.4, -0.2) is 219 Å². The number of nitrogens with zero attached hydrogens (tertiary/aromatic N) is 18. The van der Waals surface area contributed by atoms with E-state index in [0.717, 1.165) is 53.3 Å². The maximum Gasteiger partial charge on any atom is 0.338 e. The Kier molecular flexibility index (Phi) is 29.1. The molecule has 0 spiro atoms. The van der Waals surface area contributed by atoms with Gasteiger partial charge in [-0.05, 0) is 76.0 Å². The fourth-order valence-electron chi connectivity index (χ4n) is 12.0. The van der Waals surface area contributed by atoms with Crippen molar-refractivity contribution in [3.63, 3.8) is 0 Å². The molecule has 105 heavy (non-hydrogen) atoms. The molecule has 4 saturated heterocycles. The second kappa shape index (κ2) is 38.4. The highest BCUT2D eigenvalue weighted by Crippen LogP contribution is 2.43. The van der Waals surface area contributed by atoms with Crippen LogP contribution in [0.3, 0.4) is 0 Å². The third-order valence-electron chi connectivity index (χ3n) is 16.1. The van der Waals surface area contributed by atoms with Gasteiger partial charge >= 0.3 is 53.7 Å². The summed E-state index contributed by atoms with van der Waals surface area (Å²) in [5, 5.41) is 22.4. The standard InChI is InChI=1S/C61H66N18O25S/c1-27(80)90-44-36(70-76-64)22-37(71-77-65)45(102-58-42(72-78-66)50(93-30(4)83)46(91-28(2)81)38(96-58)23-68-74-62)52(44)104-60-53(95-32(6)85)49(103-59-43(73-79-67)51(94-31(5)84)47(92-29(3)82)39(97-59)24-69-75-63)41(98-60)26-105-61-54(101-57(88)35-20-14-9-15-21-35)48(100-56(87)34-18-12-8-13-19-34)40(99-61)25-89-55(86)33-16-10-7-11-17-33/h7-21,36-54,58-61H,22-26H2,1-6H3/t36-,37?,38?,39+,40-,41-,42?,43?,44?,45-,46-,47-,48-,49+,50-,51?,52-,53?,54?,58-,59-,60+,61+/m1/s1. The van der Waals surface area contributed by atoms with Crippen molar-refractivity contribution in [3.05, 3.63) is 170 Å². The average molecular weight is 1480 g/mol. The molecule has 8 unspecified atom stereocenters. The van der Waals surface area contributed by atoms with Crippen LogP contribution < -0.4 is 0 Å². The van der Waals surface area contributed by atoms with Crippen molar-refractivity contribution in [2.45, 2.75) is 188 Å². The molecule has 3 aromatic carbocycles. The van der Waals surface area contributed by atoms with Crippen LogP contribution >= 0.6 is 11.8 Å². The first kappa shape index (κ1) is 79.5. The second-order valence-electron chi connectivity index (χ2n) is 23.2. The van der Waals surface area contributed by atoms with E-state index in [1.165, 1.54) is 48.5 Å². The molecule has 0 radical (unpaired) electrons. The Balaban J connectivity index is 1.30. The molecule has 3 aromatic rings. The molecule has 5 fully saturated rings. The number of rotatable bonds is 30. The molecule has 44 heteroatoms. The molecule has 0 aromatic heterocycles. The molecule has 0 amide bonds. The number of benzene rings is 3. The van der Waals surface area contributed by atoms with E-state index in [1.54, 1.807) is 42.5 Å². The van der Waals surface area contributed by atoms with Crippen LogP contribution in [0.25, 0.3) is 62.7 Å². The molecule has 23 atom stereocenters. The zero-order chi connectivity index (χ0) is 75.9. The fourth-order valence-corrected chi connectivity index (χ4v) is 13.3. The summed E-state index contributed by atoms with van der Waals surface area (Å²) >= 11 is 0.732. The van der Waals surface area contributed by atoms with Crippen LogP contribution in [0.5, 0.6) is 0 Å². The minimum absolute atomic E-state index is 0.00293. The van der Waals surface area contributed by atoms with Crippen molar-refractivity contribution < 1.29 is 119 Å². The molecule has 43 nitrogen and oxygen atoms in total. The van der Waals surface area contributed by atoms with Crippen molar-refractivity contribution in [2.75, 3.05) is 25.4 Å². The van der Waals surface area contributed by atoms with E-state index in [9.17, 15) is 76.3 Å². The number of hydrogen-bond donors (Lipinski definition) is 0. The molecule has 0 N–H and O–H groups in total. The number of esters is 9. The van der Waals surface area contributed by atoms with Gasteiger partial charge in [-0.3, -0.25) is 28.8 Å². The first-order chi connectivity index (χ1) is 50.5. The predicted octanol–water partition coefficient (Wildman–Crippen LogP) is 7.41. The summed E-state index contributed by atoms with van der Waals surface area (Å²) < 4.78 is 98.3. The second-order valence-corrected chi connectivity index (χ2v) is 24.3. The summed E-state index contributed by atoms with van der Waals surface area (Å²) in [5.74, 6) is -9.67. The fraction of sp³-hybridized carbons (Fsp3) is 0.557. The third-order valence-corrected chi connectivity index (χ3v) is 17.3. The van der Waals surface area contributed by atoms with Gasteiger partial charge in [0.1, 0.15) is 66.9 Å². The lowest BCUT2D eigenvalue weighted by Gasteiger charge is -2.48. The molecule has 1 saturated carbocycles. The van der Waals surface area contributed by atoms with Crippen molar-refractivity contribution in [1.29, 1.82) is 0 Å². The van der Waals surface area contributed by atoms with Gasteiger partial charge in [0.25, 0.3) is 0 Å². The van der Waals surface area contributed by atoms with E-state index in [-0.39, 0.29) is 16.7 Å². The van der Waals surface area contributed by atoms with Crippen molar-refractivity contribution in [1.82, 2.24) is 0 Å². The Hall–Kier alpha value is -11.2. The van der Waals surface area contributed by atoms with Gasteiger partial charge in [-0.2, -0.15) is 0 Å². The van der Waals surface area contributed by atoms with Gasteiger partial charge in [0, 0.05) is 76.8 Å². The highest BCUT2D eigenvalue weighted by atomic mass is 32.2. The van der Waals surface area contributed by atoms with Crippen LogP contribution in [0.1, 0.15) is 79.0 Å². The molecule has 8 rings (SSSR count). The Bertz CT molecular complexity index is 3940. The zero-order valence-corrected chi connectivity index (χ0v) is 57.0. The third kappa shape index (κ3) is 21.0. The van der Waals surface area contributed by atoms with Crippen LogP contribution in [0, 0.1) is 0 Å². The highest BCUT2D eigenvalue weighted by molar-refractivity contribution is 7.99. The molecule has 4 aliphatic heterocycles. The maximum absolute atomic E-state index is 14.3. The largest absolute Gasteiger partial charge is 0.459 e. The number of azide groups is 6. The van der Waals surface area contributed by atoms with Gasteiger partial charge in [0.05, 0.1) is 48.0 Å². The van der Waals surface area contributed by atoms with Gasteiger partial charge in [-0.15, -0.1) is 11.8 Å². The summed E-state index contributed by atoms with van der Waals surface area (Å²) in [6.45, 7) is 3.60. The molecule has 0 bridgehead atoms. The normalized spacial score (nSPS) is 30.7. The monoisotopic (exact) mass is 1480 g/mol. The minimum Gasteiger partial charge on any atom is -0.459 e. The first-order valence-corrected chi connectivity index (χ1v) is 32.7. The van der Waals surface area contributed by atoms with Gasteiger partial charge in [-0.1, -0.05) is 85.3 Å². The van der Waals surface area contributed by atoms with E-state index in [0.29, 0.717) is 0 Å². The lowest BCUT2D eigenvalue weighted by atomic mass is 9.83. The first-order valence-electron chi connectivity index (χ1n) is 31.7.